The summed E-state index contributed by atoms with van der Waals surface area (Å²) < 4.78 is 79.5. The lowest BCUT2D eigenvalue weighted by Crippen LogP contribution is -2.21. The predicted octanol–water partition coefficient (Wildman–Crippen LogP) is 6.15. The molecule has 0 aliphatic carbocycles. The van der Waals surface area contributed by atoms with E-state index in [0.717, 1.165) is 0 Å². The predicted molar refractivity (Wildman–Crippen MR) is 172 cm³/mol. The number of rotatable bonds is 5. The van der Waals surface area contributed by atoms with Gasteiger partial charge in [0.2, 0.25) is 5.95 Å². The van der Waals surface area contributed by atoms with Gasteiger partial charge in [0, 0.05) is 31.5 Å². The van der Waals surface area contributed by atoms with Crippen molar-refractivity contribution in [3.05, 3.63) is 71.3 Å². The van der Waals surface area contributed by atoms with Crippen LogP contribution in [-0.2, 0) is 37.2 Å². The van der Waals surface area contributed by atoms with Gasteiger partial charge in [-0.15, -0.1) is 0 Å². The highest BCUT2D eigenvalue weighted by atomic mass is 31.2. The number of aryl methyl sites for hydroxylation is 1. The molecule has 18 heteroatoms. The van der Waals surface area contributed by atoms with Crippen LogP contribution in [0.4, 0.5) is 36.3 Å². The van der Waals surface area contributed by atoms with Gasteiger partial charge in [-0.1, -0.05) is 6.07 Å². The summed E-state index contributed by atoms with van der Waals surface area (Å²) >= 11 is 0. The number of anilines is 4. The molecule has 49 heavy (non-hydrogen) atoms. The lowest BCUT2D eigenvalue weighted by atomic mass is 10.1. The number of amides is 1. The lowest BCUT2D eigenvalue weighted by molar-refractivity contribution is -0.137. The Balaban J connectivity index is 1.67. The zero-order valence-electron chi connectivity index (χ0n) is 26.9. The van der Waals surface area contributed by atoms with Crippen LogP contribution in [0.2, 0.25) is 0 Å². The molecule has 4 aliphatic rings. The average molecular weight is 704 g/mol. The van der Waals surface area contributed by atoms with Gasteiger partial charge >= 0.3 is 19.7 Å². The molecule has 14 nitrogen and oxygen atoms in total. The number of ether oxygens (including phenoxy) is 2. The van der Waals surface area contributed by atoms with Crippen LogP contribution in [0.15, 0.2) is 48.8 Å². The number of hydrogen-bond acceptors (Lipinski definition) is 12. The van der Waals surface area contributed by atoms with Crippen LogP contribution in [0, 0.1) is 0 Å². The fourth-order valence-electron chi connectivity index (χ4n) is 5.04. The van der Waals surface area contributed by atoms with E-state index in [4.69, 9.17) is 18.5 Å². The van der Waals surface area contributed by atoms with E-state index in [2.05, 4.69) is 30.9 Å². The van der Waals surface area contributed by atoms with E-state index >= 15 is 0 Å². The van der Waals surface area contributed by atoms with Gasteiger partial charge in [-0.2, -0.15) is 18.2 Å². The number of benzene rings is 1. The second-order valence-electron chi connectivity index (χ2n) is 10.6. The standard InChI is InChI=1S/C31H33F3N7O7P/c1-5-47-49(44)17-18-7-8-22(25(13-18)45-3)39-30-36-15-20(31(32,33)34)27(40-30)38-23-10-9-21(37-26(23)28(42)35-2)19-14-24(29(43)46-4)41(16-19)11-6-12-48-49/h7-10,13-16H,5-6,11-12,17H2,1-4H3,(H,35,42)(H2,36,38,39,40)/t49-/m0/s1. The fourth-order valence-corrected chi connectivity index (χ4v) is 6.74. The smallest absolute Gasteiger partial charge is 0.421 e. The second kappa shape index (κ2) is 14.6. The van der Waals surface area contributed by atoms with Crippen molar-refractivity contribution in [2.24, 2.45) is 0 Å². The fraction of sp³-hybridized carbons (Fsp3) is 0.323. The molecule has 8 rings (SSSR count). The first kappa shape index (κ1) is 35.3. The molecule has 3 N–H and O–H groups in total. The Labute approximate surface area is 278 Å². The summed E-state index contributed by atoms with van der Waals surface area (Å²) in [5.41, 5.74) is 0.141. The molecule has 0 spiro atoms. The van der Waals surface area contributed by atoms with Crippen LogP contribution in [0.1, 0.15) is 45.4 Å². The average Bonchev–Trinajstić information content (AvgIpc) is 3.50. The summed E-state index contributed by atoms with van der Waals surface area (Å²) in [5.74, 6) is -1.98. The molecule has 0 saturated heterocycles. The molecule has 4 aliphatic heterocycles. The molecule has 0 saturated carbocycles. The third-order valence-electron chi connectivity index (χ3n) is 7.32. The van der Waals surface area contributed by atoms with Gasteiger partial charge in [-0.3, -0.25) is 9.36 Å². The molecular formula is C31H33F3N7O7P. The van der Waals surface area contributed by atoms with Crippen molar-refractivity contribution in [2.75, 3.05) is 45.1 Å². The number of methoxy groups -OCH3 is 2. The van der Waals surface area contributed by atoms with Crippen LogP contribution in [0.5, 0.6) is 5.75 Å². The molecule has 1 amide bonds. The van der Waals surface area contributed by atoms with Crippen LogP contribution < -0.4 is 20.7 Å². The Bertz CT molecular complexity index is 1920. The van der Waals surface area contributed by atoms with Crippen LogP contribution in [0.25, 0.3) is 11.3 Å². The Hall–Kier alpha value is -4.99. The van der Waals surface area contributed by atoms with Crippen LogP contribution >= 0.6 is 7.60 Å². The van der Waals surface area contributed by atoms with Gasteiger partial charge in [-0.25, -0.2) is 14.8 Å². The molecule has 4 aromatic rings. The van der Waals surface area contributed by atoms with Crippen LogP contribution in [-0.4, -0.2) is 65.9 Å². The normalized spacial score (nSPS) is 16.5. The first-order valence-corrected chi connectivity index (χ1v) is 16.7. The van der Waals surface area contributed by atoms with Gasteiger partial charge in [0.15, 0.2) is 5.69 Å². The largest absolute Gasteiger partial charge is 0.495 e. The molecule has 0 radical (unpaired) electrons. The summed E-state index contributed by atoms with van der Waals surface area (Å²) in [4.78, 5) is 38.0. The molecule has 1 aromatic carbocycles. The van der Waals surface area contributed by atoms with Gasteiger partial charge < -0.3 is 39.0 Å². The van der Waals surface area contributed by atoms with E-state index < -0.39 is 37.0 Å². The zero-order chi connectivity index (χ0) is 35.3. The molecule has 1 atom stereocenters. The Morgan fingerprint density at radius 1 is 1.10 bits per heavy atom. The van der Waals surface area contributed by atoms with Crippen molar-refractivity contribution >= 4 is 42.6 Å². The zero-order valence-corrected chi connectivity index (χ0v) is 27.8. The third-order valence-corrected chi connectivity index (χ3v) is 9.30. The van der Waals surface area contributed by atoms with E-state index in [1.54, 1.807) is 35.9 Å². The van der Waals surface area contributed by atoms with Crippen molar-refractivity contribution in [3.8, 4) is 17.0 Å². The van der Waals surface area contributed by atoms with E-state index in [0.29, 0.717) is 29.4 Å². The number of nitrogens with zero attached hydrogens (tertiary/aromatic N) is 4. The summed E-state index contributed by atoms with van der Waals surface area (Å²) in [7, 11) is 0.306. The molecule has 260 valence electrons. The Morgan fingerprint density at radius 3 is 2.57 bits per heavy atom. The molecule has 3 aromatic heterocycles. The van der Waals surface area contributed by atoms with E-state index in [1.807, 2.05) is 0 Å². The number of pyridine rings is 1. The number of halogens is 3. The molecule has 0 unspecified atom stereocenters. The maximum absolute atomic E-state index is 14.1. The summed E-state index contributed by atoms with van der Waals surface area (Å²) in [6.07, 6.45) is -2.43. The number of aromatic nitrogens is 4. The molecular weight excluding hydrogens is 670 g/mol. The Morgan fingerprint density at radius 2 is 1.88 bits per heavy atom. The topological polar surface area (TPSA) is 168 Å². The van der Waals surface area contributed by atoms with Crippen molar-refractivity contribution in [1.29, 1.82) is 0 Å². The summed E-state index contributed by atoms with van der Waals surface area (Å²) in [6, 6.07) is 9.14. The highest BCUT2D eigenvalue weighted by Gasteiger charge is 2.36. The molecule has 8 bridgehead atoms. The highest BCUT2D eigenvalue weighted by Crippen LogP contribution is 2.52. The first-order valence-electron chi connectivity index (χ1n) is 14.9. The molecule has 0 fully saturated rings. The van der Waals surface area contributed by atoms with E-state index in [1.165, 1.54) is 39.5 Å². The minimum atomic E-state index is -4.87. The van der Waals surface area contributed by atoms with Crippen molar-refractivity contribution in [2.45, 2.75) is 32.2 Å². The first-order chi connectivity index (χ1) is 23.4. The number of esters is 1. The summed E-state index contributed by atoms with van der Waals surface area (Å²) in [6.45, 7) is 2.07. The number of alkyl halides is 3. The monoisotopic (exact) mass is 703 g/mol. The highest BCUT2D eigenvalue weighted by molar-refractivity contribution is 7.53. The second-order valence-corrected chi connectivity index (χ2v) is 12.6. The van der Waals surface area contributed by atoms with Gasteiger partial charge in [0.1, 0.15) is 22.8 Å². The van der Waals surface area contributed by atoms with Crippen LogP contribution in [0.3, 0.4) is 0 Å². The molecule has 7 heterocycles. The minimum absolute atomic E-state index is 0.0230. The van der Waals surface area contributed by atoms with Crippen molar-refractivity contribution in [1.82, 2.24) is 24.8 Å². The van der Waals surface area contributed by atoms with Crippen molar-refractivity contribution < 1.29 is 45.8 Å². The number of hydrogen-bond donors (Lipinski definition) is 3. The quantitative estimate of drug-likeness (QED) is 0.160. The maximum atomic E-state index is 14.1. The maximum Gasteiger partial charge on any atom is 0.421 e. The third kappa shape index (κ3) is 8.01. The Kier molecular flexibility index (Phi) is 10.6. The summed E-state index contributed by atoms with van der Waals surface area (Å²) in [5, 5.41) is 7.91. The van der Waals surface area contributed by atoms with E-state index in [9.17, 15) is 27.3 Å². The minimum Gasteiger partial charge on any atom is -0.495 e. The number of carbonyl (C=O) groups excluding carboxylic acids is 2. The van der Waals surface area contributed by atoms with Gasteiger partial charge in [0.25, 0.3) is 5.91 Å². The van der Waals surface area contributed by atoms with Crippen molar-refractivity contribution in [3.63, 3.8) is 0 Å². The van der Waals surface area contributed by atoms with Gasteiger partial charge in [-0.05, 0) is 49.2 Å². The van der Waals surface area contributed by atoms with Gasteiger partial charge in [0.05, 0.1) is 50.7 Å². The van der Waals surface area contributed by atoms with E-state index in [-0.39, 0.29) is 60.4 Å². The number of carbonyl (C=O) groups is 2. The SMILES string of the molecule is CCO[P@@]1(=O)Cc2ccc(c(OC)c2)Nc2ncc(C(F)(F)F)c(n2)Nc2ccc(nc2C(=O)NC)-c2cc(C(=O)OC)n(c2)CCCO1. The number of nitrogens with one attached hydrogen (secondary N) is 3. The lowest BCUT2D eigenvalue weighted by Gasteiger charge is -2.19.